The maximum absolute atomic E-state index is 12.3. The molecule has 0 atom stereocenters. The first-order chi connectivity index (χ1) is 8.97. The van der Waals surface area contributed by atoms with Crippen molar-refractivity contribution in [2.75, 3.05) is 6.54 Å². The highest BCUT2D eigenvalue weighted by atomic mass is 28.4. The molecule has 0 aromatic rings. The quantitative estimate of drug-likeness (QED) is 0.507. The molecule has 0 aromatic carbocycles. The van der Waals surface area contributed by atoms with Gasteiger partial charge >= 0.3 is 5.97 Å². The van der Waals surface area contributed by atoms with Gasteiger partial charge in [-0.15, -0.1) is 0 Å². The highest BCUT2D eigenvalue weighted by molar-refractivity contribution is 6.75. The molecule has 0 bridgehead atoms. The van der Waals surface area contributed by atoms with Gasteiger partial charge in [0.05, 0.1) is 0 Å². The van der Waals surface area contributed by atoms with Crippen LogP contribution in [0.15, 0.2) is 0 Å². The third kappa shape index (κ3) is 8.53. The standard InChI is InChI=1S/C14H31NO3Si2/c1-8-9-10-11-13(16)15(19(2,3)4)12-14(17)18-20(5,6)7/h8-12H2,1-7H3. The molecule has 6 heteroatoms. The van der Waals surface area contributed by atoms with Crippen LogP contribution in [0.25, 0.3) is 0 Å². The van der Waals surface area contributed by atoms with Crippen LogP contribution in [0.5, 0.6) is 0 Å². The van der Waals surface area contributed by atoms with Crippen molar-refractivity contribution in [2.24, 2.45) is 0 Å². The lowest BCUT2D eigenvalue weighted by Gasteiger charge is -2.34. The van der Waals surface area contributed by atoms with Crippen LogP contribution in [0.1, 0.15) is 32.6 Å². The fraction of sp³-hybridized carbons (Fsp3) is 0.857. The molecule has 0 unspecified atom stereocenters. The van der Waals surface area contributed by atoms with Crippen LogP contribution in [-0.4, -0.2) is 39.5 Å². The highest BCUT2D eigenvalue weighted by Crippen LogP contribution is 2.14. The van der Waals surface area contributed by atoms with Crippen LogP contribution >= 0.6 is 0 Å². The zero-order chi connectivity index (χ0) is 16.0. The number of hydrogen-bond donors (Lipinski definition) is 0. The number of carbonyl (C=O) groups is 2. The monoisotopic (exact) mass is 317 g/mol. The summed E-state index contributed by atoms with van der Waals surface area (Å²) in [6, 6.07) is 0. The molecule has 0 rings (SSSR count). The largest absolute Gasteiger partial charge is 0.519 e. The van der Waals surface area contributed by atoms with Crippen molar-refractivity contribution in [3.8, 4) is 0 Å². The van der Waals surface area contributed by atoms with E-state index in [4.69, 9.17) is 4.43 Å². The molecule has 1 amide bonds. The molecule has 0 radical (unpaired) electrons. The molecule has 0 aliphatic heterocycles. The Balaban J connectivity index is 4.66. The Labute approximate surface area is 126 Å². The first kappa shape index (κ1) is 19.4. The van der Waals surface area contributed by atoms with Gasteiger partial charge in [0.2, 0.25) is 14.2 Å². The van der Waals surface area contributed by atoms with Crippen LogP contribution in [0.4, 0.5) is 0 Å². The van der Waals surface area contributed by atoms with Crippen molar-refractivity contribution in [1.29, 1.82) is 0 Å². The topological polar surface area (TPSA) is 46.6 Å². The normalized spacial score (nSPS) is 12.2. The van der Waals surface area contributed by atoms with E-state index in [0.717, 1.165) is 19.3 Å². The Morgan fingerprint density at radius 3 is 1.95 bits per heavy atom. The summed E-state index contributed by atoms with van der Waals surface area (Å²) in [5.74, 6) is -0.152. The molecular formula is C14H31NO3Si2. The van der Waals surface area contributed by atoms with Crippen LogP contribution in [0.3, 0.4) is 0 Å². The predicted octanol–water partition coefficient (Wildman–Crippen LogP) is 3.61. The lowest BCUT2D eigenvalue weighted by atomic mass is 10.2. The number of unbranched alkanes of at least 4 members (excludes halogenated alkanes) is 2. The molecule has 20 heavy (non-hydrogen) atoms. The van der Waals surface area contributed by atoms with Gasteiger partial charge in [-0.2, -0.15) is 0 Å². The van der Waals surface area contributed by atoms with E-state index in [1.54, 1.807) is 4.57 Å². The molecule has 0 aliphatic rings. The van der Waals surface area contributed by atoms with Gasteiger partial charge < -0.3 is 8.99 Å². The minimum atomic E-state index is -1.88. The highest BCUT2D eigenvalue weighted by Gasteiger charge is 2.31. The zero-order valence-electron chi connectivity index (χ0n) is 14.2. The summed E-state index contributed by atoms with van der Waals surface area (Å²) in [5, 5.41) is 0. The van der Waals surface area contributed by atoms with Gasteiger partial charge in [0.15, 0.2) is 8.24 Å². The second-order valence-corrected chi connectivity index (χ2v) is 16.5. The molecule has 0 aliphatic carbocycles. The zero-order valence-corrected chi connectivity index (χ0v) is 16.2. The molecule has 0 spiro atoms. The van der Waals surface area contributed by atoms with E-state index < -0.39 is 16.6 Å². The summed E-state index contributed by atoms with van der Waals surface area (Å²) in [6.07, 6.45) is 3.60. The molecule has 0 saturated heterocycles. The van der Waals surface area contributed by atoms with Crippen molar-refractivity contribution >= 4 is 28.4 Å². The number of amides is 1. The molecule has 0 fully saturated rings. The van der Waals surface area contributed by atoms with Crippen molar-refractivity contribution < 1.29 is 14.0 Å². The maximum Gasteiger partial charge on any atom is 0.311 e. The van der Waals surface area contributed by atoms with Crippen LogP contribution < -0.4 is 0 Å². The summed E-state index contributed by atoms with van der Waals surface area (Å²) in [6.45, 7) is 14.4. The summed E-state index contributed by atoms with van der Waals surface area (Å²) in [5.41, 5.74) is 0. The molecule has 4 nitrogen and oxygen atoms in total. The fourth-order valence-corrected chi connectivity index (χ4v) is 4.07. The van der Waals surface area contributed by atoms with Crippen molar-refractivity contribution in [3.05, 3.63) is 0 Å². The second kappa shape index (κ2) is 7.97. The molecule has 0 N–H and O–H groups in total. The SMILES string of the molecule is CCCCCC(=O)N(CC(=O)O[Si](C)(C)C)[Si](C)(C)C. The molecule has 0 aromatic heterocycles. The smallest absolute Gasteiger partial charge is 0.311 e. The average Bonchev–Trinajstić information content (AvgIpc) is 2.22. The van der Waals surface area contributed by atoms with Crippen molar-refractivity contribution in [2.45, 2.75) is 71.9 Å². The van der Waals surface area contributed by atoms with Gasteiger partial charge in [-0.25, -0.2) is 0 Å². The minimum absolute atomic E-state index is 0.102. The second-order valence-electron chi connectivity index (χ2n) is 7.19. The van der Waals surface area contributed by atoms with E-state index in [1.807, 2.05) is 19.6 Å². The predicted molar refractivity (Wildman–Crippen MR) is 88.6 cm³/mol. The summed E-state index contributed by atoms with van der Waals surface area (Å²) >= 11 is 0. The fourth-order valence-electron chi connectivity index (χ4n) is 1.86. The van der Waals surface area contributed by atoms with E-state index >= 15 is 0 Å². The summed E-state index contributed by atoms with van der Waals surface area (Å²) < 4.78 is 7.25. The third-order valence-electron chi connectivity index (χ3n) is 2.81. The van der Waals surface area contributed by atoms with Crippen LogP contribution in [0.2, 0.25) is 39.3 Å². The Morgan fingerprint density at radius 1 is 1.00 bits per heavy atom. The third-order valence-corrected chi connectivity index (χ3v) is 5.68. The summed E-state index contributed by atoms with van der Waals surface area (Å²) in [4.78, 5) is 24.3. The number of rotatable bonds is 8. The number of hydrogen-bond acceptors (Lipinski definition) is 3. The van der Waals surface area contributed by atoms with Crippen LogP contribution in [0, 0.1) is 0 Å². The van der Waals surface area contributed by atoms with Gasteiger partial charge in [0.25, 0.3) is 0 Å². The Kier molecular flexibility index (Phi) is 7.72. The summed E-state index contributed by atoms with van der Waals surface area (Å²) in [7, 11) is -3.73. The van der Waals surface area contributed by atoms with E-state index in [-0.39, 0.29) is 18.4 Å². The number of carbonyl (C=O) groups excluding carboxylic acids is 2. The van der Waals surface area contributed by atoms with E-state index in [0.29, 0.717) is 6.42 Å². The Morgan fingerprint density at radius 2 is 1.55 bits per heavy atom. The lowest BCUT2D eigenvalue weighted by molar-refractivity contribution is -0.140. The molecule has 118 valence electrons. The van der Waals surface area contributed by atoms with E-state index in [1.165, 1.54) is 0 Å². The maximum atomic E-state index is 12.3. The lowest BCUT2D eigenvalue weighted by Crippen LogP contribution is -2.53. The van der Waals surface area contributed by atoms with E-state index in [2.05, 4.69) is 26.6 Å². The van der Waals surface area contributed by atoms with Crippen LogP contribution in [-0.2, 0) is 14.0 Å². The van der Waals surface area contributed by atoms with Crippen molar-refractivity contribution in [1.82, 2.24) is 4.57 Å². The van der Waals surface area contributed by atoms with Gasteiger partial charge in [0.1, 0.15) is 6.54 Å². The minimum Gasteiger partial charge on any atom is -0.519 e. The first-order valence-electron chi connectivity index (χ1n) is 7.49. The average molecular weight is 318 g/mol. The van der Waals surface area contributed by atoms with Gasteiger partial charge in [-0.1, -0.05) is 39.4 Å². The molecule has 0 saturated carbocycles. The Bertz CT molecular complexity index is 332. The Hall–Kier alpha value is -0.626. The van der Waals surface area contributed by atoms with Crippen molar-refractivity contribution in [3.63, 3.8) is 0 Å². The molecule has 0 heterocycles. The molecular weight excluding hydrogens is 286 g/mol. The van der Waals surface area contributed by atoms with Gasteiger partial charge in [-0.05, 0) is 26.1 Å². The van der Waals surface area contributed by atoms with E-state index in [9.17, 15) is 9.59 Å². The van der Waals surface area contributed by atoms with Gasteiger partial charge in [-0.3, -0.25) is 9.59 Å². The number of nitrogens with zero attached hydrogens (tertiary/aromatic N) is 1. The van der Waals surface area contributed by atoms with Gasteiger partial charge in [0, 0.05) is 6.42 Å². The first-order valence-corrected chi connectivity index (χ1v) is 14.3.